The molecule has 3 aliphatic heterocycles. The van der Waals surface area contributed by atoms with Crippen molar-refractivity contribution in [3.8, 4) is 11.8 Å². The summed E-state index contributed by atoms with van der Waals surface area (Å²) < 4.78 is 0. The van der Waals surface area contributed by atoms with E-state index in [1.165, 1.54) is 16.3 Å². The van der Waals surface area contributed by atoms with Gasteiger partial charge in [-0.05, 0) is 37.8 Å². The number of piperidine rings is 1. The standard InChI is InChI=1S/C24H24N8O2S/c1-2-4-20(33)30-11-3-5-18(14-30)32-19-13-26-15-31(25)22(19)21(29-32)16-6-8-17(9-7-16)23(34)28-24-27-10-12-35-24/h6-10,12-13,15,18,29H,3,5,11,14,25H2,1H3,(H,27,28,34)/t18-/m1/s1. The van der Waals surface area contributed by atoms with E-state index in [0.717, 1.165) is 35.5 Å². The Morgan fingerprint density at radius 3 is 2.86 bits per heavy atom. The molecule has 5 rings (SSSR count). The zero-order valence-electron chi connectivity index (χ0n) is 19.1. The molecule has 35 heavy (non-hydrogen) atoms. The lowest BCUT2D eigenvalue weighted by atomic mass is 10.0. The molecule has 11 heteroatoms. The molecule has 3 aliphatic rings. The highest BCUT2D eigenvalue weighted by Gasteiger charge is 2.38. The molecule has 1 saturated heterocycles. The predicted octanol–water partition coefficient (Wildman–Crippen LogP) is 1.96. The summed E-state index contributed by atoms with van der Waals surface area (Å²) >= 11 is 1.36. The molecule has 10 nitrogen and oxygen atoms in total. The number of nitrogens with two attached hydrogens (primary N) is 1. The van der Waals surface area contributed by atoms with Crippen LogP contribution in [0, 0.1) is 11.8 Å². The maximum atomic E-state index is 12.5. The van der Waals surface area contributed by atoms with Gasteiger partial charge in [0.2, 0.25) is 0 Å². The lowest BCUT2D eigenvalue weighted by Gasteiger charge is -2.39. The molecule has 0 bridgehead atoms. The summed E-state index contributed by atoms with van der Waals surface area (Å²) in [5, 5.41) is 8.66. The number of anilines is 1. The Bertz CT molecular complexity index is 1290. The molecule has 1 aromatic carbocycles. The lowest BCUT2D eigenvalue weighted by molar-refractivity contribution is -0.127. The van der Waals surface area contributed by atoms with Crippen LogP contribution in [0.25, 0.3) is 5.70 Å². The van der Waals surface area contributed by atoms with E-state index in [1.54, 1.807) is 48.1 Å². The van der Waals surface area contributed by atoms with Gasteiger partial charge in [-0.1, -0.05) is 18.1 Å². The summed E-state index contributed by atoms with van der Waals surface area (Å²) in [5.74, 6) is 11.2. The summed E-state index contributed by atoms with van der Waals surface area (Å²) in [4.78, 5) is 35.0. The zero-order chi connectivity index (χ0) is 24.4. The van der Waals surface area contributed by atoms with Gasteiger partial charge in [-0.3, -0.25) is 30.3 Å². The molecule has 4 heterocycles. The van der Waals surface area contributed by atoms with Crippen LogP contribution in [0.4, 0.5) is 5.13 Å². The van der Waals surface area contributed by atoms with E-state index in [4.69, 9.17) is 5.84 Å². The van der Waals surface area contributed by atoms with Crippen molar-refractivity contribution in [3.05, 3.63) is 64.6 Å². The van der Waals surface area contributed by atoms with E-state index in [-0.39, 0.29) is 17.9 Å². The SMILES string of the molecule is CC#CC(=O)N1CCC[C@@H](N2NC(c3ccc(C(=O)Nc4nccs4)cc3)=C3C2=CN=CN3N)C1. The Balaban J connectivity index is 1.38. The Hall–Kier alpha value is -4.14. The summed E-state index contributed by atoms with van der Waals surface area (Å²) in [6.45, 7) is 2.90. The number of nitrogens with zero attached hydrogens (tertiary/aromatic N) is 5. The Morgan fingerprint density at radius 1 is 1.29 bits per heavy atom. The fourth-order valence-electron chi connectivity index (χ4n) is 4.36. The number of likely N-dealkylation sites (tertiary alicyclic amines) is 1. The maximum absolute atomic E-state index is 12.5. The second-order valence-electron chi connectivity index (χ2n) is 8.18. The Labute approximate surface area is 206 Å². The van der Waals surface area contributed by atoms with Gasteiger partial charge in [0.15, 0.2) is 5.13 Å². The summed E-state index contributed by atoms with van der Waals surface area (Å²) in [7, 11) is 0. The first kappa shape index (κ1) is 22.6. The Kier molecular flexibility index (Phi) is 6.22. The monoisotopic (exact) mass is 488 g/mol. The second kappa shape index (κ2) is 9.61. The normalized spacial score (nSPS) is 19.0. The number of carbonyl (C=O) groups excluding carboxylic acids is 2. The molecule has 2 aromatic rings. The fourth-order valence-corrected chi connectivity index (χ4v) is 4.89. The first-order chi connectivity index (χ1) is 17.0. The van der Waals surface area contributed by atoms with Crippen LogP contribution in [-0.4, -0.2) is 57.2 Å². The van der Waals surface area contributed by atoms with Crippen molar-refractivity contribution in [2.24, 2.45) is 10.8 Å². The molecule has 1 atom stereocenters. The van der Waals surface area contributed by atoms with E-state index in [1.807, 2.05) is 17.1 Å². The van der Waals surface area contributed by atoms with Gasteiger partial charge in [0.05, 0.1) is 17.9 Å². The van der Waals surface area contributed by atoms with Gasteiger partial charge in [-0.15, -0.1) is 11.3 Å². The zero-order valence-corrected chi connectivity index (χ0v) is 19.9. The highest BCUT2D eigenvalue weighted by Crippen LogP contribution is 2.36. The molecule has 1 fully saturated rings. The van der Waals surface area contributed by atoms with Crippen molar-refractivity contribution in [3.63, 3.8) is 0 Å². The van der Waals surface area contributed by atoms with Crippen LogP contribution in [0.5, 0.6) is 0 Å². The number of hydrogen-bond donors (Lipinski definition) is 3. The number of carbonyl (C=O) groups is 2. The van der Waals surface area contributed by atoms with E-state index in [9.17, 15) is 9.59 Å². The molecule has 0 aliphatic carbocycles. The highest BCUT2D eigenvalue weighted by molar-refractivity contribution is 7.13. The van der Waals surface area contributed by atoms with Crippen molar-refractivity contribution >= 4 is 40.3 Å². The molecule has 2 amide bonds. The lowest BCUT2D eigenvalue weighted by Crippen LogP contribution is -2.51. The number of fused-ring (bicyclic) bond motifs is 1. The molecule has 0 spiro atoms. The summed E-state index contributed by atoms with van der Waals surface area (Å²) in [6.07, 6.45) is 6.73. The summed E-state index contributed by atoms with van der Waals surface area (Å²) in [6, 6.07) is 7.31. The van der Waals surface area contributed by atoms with E-state index in [2.05, 4.69) is 32.6 Å². The average molecular weight is 489 g/mol. The van der Waals surface area contributed by atoms with Crippen LogP contribution in [0.1, 0.15) is 35.7 Å². The third kappa shape index (κ3) is 4.49. The van der Waals surface area contributed by atoms with Crippen LogP contribution in [0.3, 0.4) is 0 Å². The second-order valence-corrected chi connectivity index (χ2v) is 9.08. The third-order valence-corrected chi connectivity index (χ3v) is 6.68. The highest BCUT2D eigenvalue weighted by atomic mass is 32.1. The van der Waals surface area contributed by atoms with Gasteiger partial charge in [0, 0.05) is 35.8 Å². The number of hydrogen-bond acceptors (Lipinski definition) is 9. The van der Waals surface area contributed by atoms with Gasteiger partial charge in [0.25, 0.3) is 11.8 Å². The number of aromatic nitrogens is 1. The van der Waals surface area contributed by atoms with Gasteiger partial charge < -0.3 is 4.90 Å². The number of rotatable bonds is 4. The quantitative estimate of drug-likeness (QED) is 0.445. The molecule has 0 radical (unpaired) electrons. The van der Waals surface area contributed by atoms with Crippen molar-refractivity contribution in [1.82, 2.24) is 25.3 Å². The third-order valence-electron chi connectivity index (χ3n) is 5.99. The largest absolute Gasteiger partial charge is 0.330 e. The van der Waals surface area contributed by atoms with E-state index in [0.29, 0.717) is 23.8 Å². The van der Waals surface area contributed by atoms with Crippen LogP contribution < -0.4 is 16.6 Å². The van der Waals surface area contributed by atoms with Crippen LogP contribution >= 0.6 is 11.3 Å². The topological polar surface area (TPSA) is 119 Å². The molecule has 4 N–H and O–H groups in total. The van der Waals surface area contributed by atoms with Gasteiger partial charge in [-0.2, -0.15) is 0 Å². The first-order valence-electron chi connectivity index (χ1n) is 11.2. The number of amides is 2. The van der Waals surface area contributed by atoms with E-state index >= 15 is 0 Å². The Morgan fingerprint density at radius 2 is 2.11 bits per heavy atom. The summed E-state index contributed by atoms with van der Waals surface area (Å²) in [5.41, 5.74) is 7.28. The van der Waals surface area contributed by atoms with Gasteiger partial charge in [-0.25, -0.2) is 15.8 Å². The van der Waals surface area contributed by atoms with Crippen molar-refractivity contribution in [2.45, 2.75) is 25.8 Å². The number of aliphatic imine (C=N–C) groups is 1. The van der Waals surface area contributed by atoms with E-state index < -0.39 is 0 Å². The molecular formula is C24H24N8O2S. The van der Waals surface area contributed by atoms with Crippen LogP contribution in [0.15, 0.2) is 58.4 Å². The van der Waals surface area contributed by atoms with Crippen molar-refractivity contribution < 1.29 is 9.59 Å². The number of benzene rings is 1. The minimum Gasteiger partial charge on any atom is -0.330 e. The molecular weight excluding hydrogens is 464 g/mol. The average Bonchev–Trinajstić information content (AvgIpc) is 3.53. The minimum atomic E-state index is -0.224. The van der Waals surface area contributed by atoms with Crippen LogP contribution in [-0.2, 0) is 4.79 Å². The number of hydrazine groups is 2. The van der Waals surface area contributed by atoms with Crippen LogP contribution in [0.2, 0.25) is 0 Å². The molecule has 1 aromatic heterocycles. The maximum Gasteiger partial charge on any atom is 0.298 e. The predicted molar refractivity (Wildman–Crippen MR) is 134 cm³/mol. The van der Waals surface area contributed by atoms with Gasteiger partial charge in [0.1, 0.15) is 17.7 Å². The molecule has 178 valence electrons. The molecule has 0 unspecified atom stereocenters. The van der Waals surface area contributed by atoms with Crippen molar-refractivity contribution in [1.29, 1.82) is 0 Å². The van der Waals surface area contributed by atoms with Gasteiger partial charge >= 0.3 is 0 Å². The van der Waals surface area contributed by atoms with Crippen molar-refractivity contribution in [2.75, 3.05) is 18.4 Å². The minimum absolute atomic E-state index is 0.0233. The number of thiazole rings is 1. The molecule has 0 saturated carbocycles. The number of nitrogens with one attached hydrogen (secondary N) is 2. The smallest absolute Gasteiger partial charge is 0.298 e. The fraction of sp³-hybridized carbons (Fsp3) is 0.250. The first-order valence-corrected chi connectivity index (χ1v) is 12.0.